The van der Waals surface area contributed by atoms with E-state index in [9.17, 15) is 4.79 Å². The van der Waals surface area contributed by atoms with Crippen LogP contribution in [0.15, 0.2) is 40.8 Å². The molecule has 1 N–H and O–H groups in total. The monoisotopic (exact) mass is 328 g/mol. The number of fused-ring (bicyclic) bond motifs is 1. The van der Waals surface area contributed by atoms with Gasteiger partial charge in [-0.15, -0.1) is 0 Å². The number of anilines is 1. The number of carbonyl (C=O) groups is 1. The largest absolute Gasteiger partial charge is 0.436 e. The fourth-order valence-electron chi connectivity index (χ4n) is 2.46. The third-order valence-corrected chi connectivity index (χ3v) is 3.90. The smallest absolute Gasteiger partial charge is 0.227 e. The van der Waals surface area contributed by atoms with Crippen molar-refractivity contribution in [2.24, 2.45) is 0 Å². The third kappa shape index (κ3) is 3.22. The molecule has 0 atom stereocenters. The van der Waals surface area contributed by atoms with Gasteiger partial charge in [-0.25, -0.2) is 4.98 Å². The molecule has 1 heterocycles. The lowest BCUT2D eigenvalue weighted by atomic mass is 10.1. The van der Waals surface area contributed by atoms with Crippen LogP contribution in [0, 0.1) is 6.92 Å². The maximum Gasteiger partial charge on any atom is 0.227 e. The van der Waals surface area contributed by atoms with Gasteiger partial charge >= 0.3 is 0 Å². The van der Waals surface area contributed by atoms with Gasteiger partial charge in [0.1, 0.15) is 5.52 Å². The van der Waals surface area contributed by atoms with E-state index in [4.69, 9.17) is 16.0 Å². The molecule has 0 aliphatic carbocycles. The minimum atomic E-state index is 0.0112. The molecular weight excluding hydrogens is 312 g/mol. The van der Waals surface area contributed by atoms with Gasteiger partial charge in [-0.1, -0.05) is 24.6 Å². The van der Waals surface area contributed by atoms with Crippen molar-refractivity contribution < 1.29 is 9.21 Å². The lowest BCUT2D eigenvalue weighted by Crippen LogP contribution is -2.11. The van der Waals surface area contributed by atoms with E-state index >= 15 is 0 Å². The molecule has 1 aromatic heterocycles. The van der Waals surface area contributed by atoms with E-state index in [0.29, 0.717) is 28.4 Å². The molecule has 23 heavy (non-hydrogen) atoms. The molecule has 4 nitrogen and oxygen atoms in total. The predicted molar refractivity (Wildman–Crippen MR) is 92.7 cm³/mol. The summed E-state index contributed by atoms with van der Waals surface area (Å²) >= 11 is 5.99. The van der Waals surface area contributed by atoms with Crippen LogP contribution in [-0.2, 0) is 4.79 Å². The minimum Gasteiger partial charge on any atom is -0.436 e. The van der Waals surface area contributed by atoms with E-state index in [2.05, 4.69) is 10.3 Å². The Kier molecular flexibility index (Phi) is 4.35. The van der Waals surface area contributed by atoms with E-state index in [-0.39, 0.29) is 5.91 Å². The van der Waals surface area contributed by atoms with Crippen LogP contribution in [0.5, 0.6) is 0 Å². The molecule has 0 radical (unpaired) electrons. The number of nitrogens with one attached hydrogen (secondary N) is 1. The van der Waals surface area contributed by atoms with Crippen LogP contribution in [0.2, 0.25) is 5.02 Å². The van der Waals surface area contributed by atoms with Gasteiger partial charge in [-0.3, -0.25) is 4.79 Å². The van der Waals surface area contributed by atoms with E-state index in [0.717, 1.165) is 23.2 Å². The maximum atomic E-state index is 11.8. The van der Waals surface area contributed by atoms with Crippen molar-refractivity contribution in [2.45, 2.75) is 26.7 Å². The second kappa shape index (κ2) is 6.42. The summed E-state index contributed by atoms with van der Waals surface area (Å²) in [6.07, 6.45) is 1.32. The molecule has 3 rings (SSSR count). The topological polar surface area (TPSA) is 55.1 Å². The zero-order chi connectivity index (χ0) is 16.4. The number of aromatic nitrogens is 1. The van der Waals surface area contributed by atoms with Gasteiger partial charge in [-0.2, -0.15) is 0 Å². The zero-order valence-corrected chi connectivity index (χ0v) is 13.8. The van der Waals surface area contributed by atoms with E-state index in [1.165, 1.54) is 0 Å². The van der Waals surface area contributed by atoms with Crippen molar-refractivity contribution in [2.75, 3.05) is 5.32 Å². The standard InChI is InChI=1S/C18H17ClN2O2/c1-3-5-17(22)20-14-7-4-6-13(11(14)2)18-21-15-10-12(19)8-9-16(15)23-18/h4,6-10H,3,5H2,1-2H3,(H,20,22). The number of hydrogen-bond donors (Lipinski definition) is 1. The first-order valence-corrected chi connectivity index (χ1v) is 7.92. The summed E-state index contributed by atoms with van der Waals surface area (Å²) in [5, 5.41) is 3.55. The SMILES string of the molecule is CCCC(=O)Nc1cccc(-c2nc3cc(Cl)ccc3o2)c1C. The number of nitrogens with zero attached hydrogens (tertiary/aromatic N) is 1. The normalized spacial score (nSPS) is 10.9. The second-order valence-electron chi connectivity index (χ2n) is 5.41. The molecule has 0 bridgehead atoms. The van der Waals surface area contributed by atoms with Crippen molar-refractivity contribution in [3.63, 3.8) is 0 Å². The van der Waals surface area contributed by atoms with Crippen LogP contribution in [0.25, 0.3) is 22.6 Å². The first-order chi connectivity index (χ1) is 11.1. The summed E-state index contributed by atoms with van der Waals surface area (Å²) in [6, 6.07) is 11.0. The van der Waals surface area contributed by atoms with Crippen LogP contribution in [-0.4, -0.2) is 10.9 Å². The molecule has 2 aromatic carbocycles. The summed E-state index contributed by atoms with van der Waals surface area (Å²) in [7, 11) is 0. The van der Waals surface area contributed by atoms with Gasteiger partial charge in [0.15, 0.2) is 5.58 Å². The van der Waals surface area contributed by atoms with E-state index < -0.39 is 0 Å². The molecule has 0 saturated heterocycles. The van der Waals surface area contributed by atoms with Crippen molar-refractivity contribution in [1.82, 2.24) is 4.98 Å². The van der Waals surface area contributed by atoms with Gasteiger partial charge in [-0.05, 0) is 49.2 Å². The quantitative estimate of drug-likeness (QED) is 0.716. The molecule has 118 valence electrons. The van der Waals surface area contributed by atoms with Crippen LogP contribution < -0.4 is 5.32 Å². The lowest BCUT2D eigenvalue weighted by Gasteiger charge is -2.10. The maximum absolute atomic E-state index is 11.8. The van der Waals surface area contributed by atoms with Gasteiger partial charge in [0.2, 0.25) is 11.8 Å². The van der Waals surface area contributed by atoms with Crippen molar-refractivity contribution in [1.29, 1.82) is 0 Å². The summed E-state index contributed by atoms with van der Waals surface area (Å²) in [4.78, 5) is 16.3. The molecule has 0 fully saturated rings. The molecule has 3 aromatic rings. The Morgan fingerprint density at radius 1 is 1.30 bits per heavy atom. The summed E-state index contributed by atoms with van der Waals surface area (Å²) < 4.78 is 5.81. The first-order valence-electron chi connectivity index (χ1n) is 7.54. The number of carbonyl (C=O) groups excluding carboxylic acids is 1. The molecule has 0 saturated carbocycles. The number of benzene rings is 2. The zero-order valence-electron chi connectivity index (χ0n) is 13.0. The van der Waals surface area contributed by atoms with Crippen LogP contribution in [0.3, 0.4) is 0 Å². The molecule has 1 amide bonds. The fraction of sp³-hybridized carbons (Fsp3) is 0.222. The fourth-order valence-corrected chi connectivity index (χ4v) is 2.62. The highest BCUT2D eigenvalue weighted by Crippen LogP contribution is 2.31. The van der Waals surface area contributed by atoms with Crippen LogP contribution >= 0.6 is 11.6 Å². The second-order valence-corrected chi connectivity index (χ2v) is 5.84. The van der Waals surface area contributed by atoms with Crippen LogP contribution in [0.4, 0.5) is 5.69 Å². The average molecular weight is 329 g/mol. The summed E-state index contributed by atoms with van der Waals surface area (Å²) in [5.74, 6) is 0.531. The number of oxazole rings is 1. The predicted octanol–water partition coefficient (Wildman–Crippen LogP) is 5.20. The molecular formula is C18H17ClN2O2. The number of amides is 1. The molecule has 0 spiro atoms. The Morgan fingerprint density at radius 2 is 2.13 bits per heavy atom. The Bertz CT molecular complexity index is 871. The van der Waals surface area contributed by atoms with Crippen molar-refractivity contribution in [3.8, 4) is 11.5 Å². The Morgan fingerprint density at radius 3 is 2.91 bits per heavy atom. The molecule has 0 aliphatic heterocycles. The Balaban J connectivity index is 1.99. The highest BCUT2D eigenvalue weighted by Gasteiger charge is 2.14. The lowest BCUT2D eigenvalue weighted by molar-refractivity contribution is -0.116. The van der Waals surface area contributed by atoms with Gasteiger partial charge in [0.05, 0.1) is 0 Å². The van der Waals surface area contributed by atoms with E-state index in [1.807, 2.05) is 32.0 Å². The highest BCUT2D eigenvalue weighted by molar-refractivity contribution is 6.31. The van der Waals surface area contributed by atoms with Gasteiger partial charge in [0, 0.05) is 22.7 Å². The Hall–Kier alpha value is -2.33. The number of hydrogen-bond acceptors (Lipinski definition) is 3. The highest BCUT2D eigenvalue weighted by atomic mass is 35.5. The van der Waals surface area contributed by atoms with Crippen molar-refractivity contribution >= 4 is 34.3 Å². The van der Waals surface area contributed by atoms with E-state index in [1.54, 1.807) is 18.2 Å². The summed E-state index contributed by atoms with van der Waals surface area (Å²) in [6.45, 7) is 3.92. The number of halogens is 1. The minimum absolute atomic E-state index is 0.0112. The molecule has 0 aliphatic rings. The van der Waals surface area contributed by atoms with Crippen LogP contribution in [0.1, 0.15) is 25.3 Å². The summed E-state index contributed by atoms with van der Waals surface area (Å²) in [5.41, 5.74) is 3.96. The average Bonchev–Trinajstić information content (AvgIpc) is 2.92. The molecule has 0 unspecified atom stereocenters. The van der Waals surface area contributed by atoms with Crippen molar-refractivity contribution in [3.05, 3.63) is 47.0 Å². The Labute approximate surface area is 139 Å². The first kappa shape index (κ1) is 15.6. The number of rotatable bonds is 4. The molecule has 5 heteroatoms. The van der Waals surface area contributed by atoms with Gasteiger partial charge < -0.3 is 9.73 Å². The third-order valence-electron chi connectivity index (χ3n) is 3.66. The van der Waals surface area contributed by atoms with Gasteiger partial charge in [0.25, 0.3) is 0 Å².